The number of rotatable bonds is 2. The van der Waals surface area contributed by atoms with E-state index in [-0.39, 0.29) is 0 Å². The van der Waals surface area contributed by atoms with Gasteiger partial charge in [0.05, 0.1) is 12.8 Å². The van der Waals surface area contributed by atoms with Crippen molar-refractivity contribution < 1.29 is 9.47 Å². The summed E-state index contributed by atoms with van der Waals surface area (Å²) >= 11 is 0. The predicted molar refractivity (Wildman–Crippen MR) is 34.0 cm³/mol. The van der Waals surface area contributed by atoms with Gasteiger partial charge in [0.2, 0.25) is 0 Å². The Morgan fingerprint density at radius 2 is 2.11 bits per heavy atom. The summed E-state index contributed by atoms with van der Waals surface area (Å²) in [6.07, 6.45) is 2.35. The zero-order valence-electron chi connectivity index (χ0n) is 5.51. The van der Waals surface area contributed by atoms with Crippen molar-refractivity contribution in [3.05, 3.63) is 0 Å². The van der Waals surface area contributed by atoms with E-state index in [2.05, 4.69) is 0 Å². The van der Waals surface area contributed by atoms with Crippen LogP contribution in [-0.4, -0.2) is 26.0 Å². The van der Waals surface area contributed by atoms with Crippen molar-refractivity contribution in [3.8, 4) is 0 Å². The average Bonchev–Trinajstić information content (AvgIpc) is 1.91. The minimum absolute atomic E-state index is 0.338. The lowest BCUT2D eigenvalue weighted by molar-refractivity contribution is -0.0296. The zero-order chi connectivity index (χ0) is 6.53. The van der Waals surface area contributed by atoms with E-state index in [4.69, 9.17) is 15.2 Å². The molecule has 1 aliphatic heterocycles. The first kappa shape index (κ1) is 6.99. The lowest BCUT2D eigenvalue weighted by Gasteiger charge is -2.21. The van der Waals surface area contributed by atoms with E-state index < -0.39 is 0 Å². The second kappa shape index (κ2) is 3.82. The molecule has 0 radical (unpaired) electrons. The molecule has 3 heteroatoms. The molecule has 1 heterocycles. The van der Waals surface area contributed by atoms with Crippen LogP contribution in [0.1, 0.15) is 12.8 Å². The Balaban J connectivity index is 2.08. The van der Waals surface area contributed by atoms with Crippen molar-refractivity contribution in [2.45, 2.75) is 18.9 Å². The predicted octanol–water partition coefficient (Wildman–Crippen LogP) is 0.0982. The number of ether oxygens (including phenoxy) is 2. The third kappa shape index (κ3) is 2.30. The van der Waals surface area contributed by atoms with Crippen molar-refractivity contribution in [1.82, 2.24) is 0 Å². The molecule has 0 amide bonds. The van der Waals surface area contributed by atoms with Crippen LogP contribution in [0.4, 0.5) is 0 Å². The molecule has 0 aromatic heterocycles. The highest BCUT2D eigenvalue weighted by Crippen LogP contribution is 2.08. The maximum Gasteiger partial charge on any atom is 0.0944 e. The molecule has 54 valence electrons. The van der Waals surface area contributed by atoms with Gasteiger partial charge < -0.3 is 15.2 Å². The van der Waals surface area contributed by atoms with E-state index >= 15 is 0 Å². The topological polar surface area (TPSA) is 44.5 Å². The number of hydrogen-bond donors (Lipinski definition) is 1. The molecule has 0 atom stereocenters. The minimum atomic E-state index is 0.338. The summed E-state index contributed by atoms with van der Waals surface area (Å²) in [4.78, 5) is 0. The Morgan fingerprint density at radius 3 is 2.67 bits per heavy atom. The Kier molecular flexibility index (Phi) is 2.97. The van der Waals surface area contributed by atoms with Crippen LogP contribution in [-0.2, 0) is 9.47 Å². The third-order valence-electron chi connectivity index (χ3n) is 1.50. The van der Waals surface area contributed by atoms with Gasteiger partial charge in [0, 0.05) is 13.2 Å². The first-order chi connectivity index (χ1) is 4.43. The molecule has 0 aromatic rings. The first-order valence-electron chi connectivity index (χ1n) is 3.33. The Labute approximate surface area is 55.1 Å². The van der Waals surface area contributed by atoms with Gasteiger partial charge in [0.15, 0.2) is 0 Å². The van der Waals surface area contributed by atoms with Crippen molar-refractivity contribution >= 4 is 0 Å². The molecule has 1 rings (SSSR count). The molecule has 0 aliphatic carbocycles. The normalized spacial score (nSPS) is 22.3. The van der Waals surface area contributed by atoms with Gasteiger partial charge in [0.1, 0.15) is 0 Å². The number of nitrogens with two attached hydrogens (primary N) is 1. The van der Waals surface area contributed by atoms with Gasteiger partial charge in [-0.3, -0.25) is 0 Å². The first-order valence-corrected chi connectivity index (χ1v) is 3.33. The minimum Gasteiger partial charge on any atom is -0.381 e. The Bertz CT molecular complexity index is 68.7. The van der Waals surface area contributed by atoms with Crippen LogP contribution in [0.3, 0.4) is 0 Å². The van der Waals surface area contributed by atoms with E-state index in [0.717, 1.165) is 26.1 Å². The summed E-state index contributed by atoms with van der Waals surface area (Å²) in [5.74, 6) is 0. The average molecular weight is 131 g/mol. The molecule has 1 aliphatic rings. The summed E-state index contributed by atoms with van der Waals surface area (Å²) in [7, 11) is 0. The molecular weight excluding hydrogens is 118 g/mol. The van der Waals surface area contributed by atoms with Gasteiger partial charge in [0.25, 0.3) is 0 Å². The maximum atomic E-state index is 5.20. The Hall–Kier alpha value is -0.120. The molecular formula is C6H13NO2. The van der Waals surface area contributed by atoms with E-state index in [0.29, 0.717) is 12.8 Å². The summed E-state index contributed by atoms with van der Waals surface area (Å²) in [5, 5.41) is 0. The standard InChI is InChI=1S/C6H13NO2/c7-5-9-6-1-3-8-4-2-6/h6H,1-5,7H2. The summed E-state index contributed by atoms with van der Waals surface area (Å²) < 4.78 is 10.3. The van der Waals surface area contributed by atoms with E-state index in [9.17, 15) is 0 Å². The quantitative estimate of drug-likeness (QED) is 0.540. The highest BCUT2D eigenvalue weighted by molar-refractivity contribution is 4.61. The SMILES string of the molecule is NCOC1CCOCC1. The van der Waals surface area contributed by atoms with E-state index in [1.807, 2.05) is 0 Å². The summed E-state index contributed by atoms with van der Waals surface area (Å²) in [5.41, 5.74) is 5.20. The van der Waals surface area contributed by atoms with Crippen LogP contribution in [0.15, 0.2) is 0 Å². The van der Waals surface area contributed by atoms with Crippen molar-refractivity contribution in [2.24, 2.45) is 5.73 Å². The van der Waals surface area contributed by atoms with Crippen LogP contribution >= 0.6 is 0 Å². The van der Waals surface area contributed by atoms with Gasteiger partial charge in [-0.25, -0.2) is 0 Å². The highest BCUT2D eigenvalue weighted by atomic mass is 16.5. The molecule has 0 spiro atoms. The lowest BCUT2D eigenvalue weighted by Crippen LogP contribution is -2.25. The van der Waals surface area contributed by atoms with Gasteiger partial charge in [-0.15, -0.1) is 0 Å². The third-order valence-corrected chi connectivity index (χ3v) is 1.50. The summed E-state index contributed by atoms with van der Waals surface area (Å²) in [6.45, 7) is 1.99. The molecule has 1 saturated heterocycles. The van der Waals surface area contributed by atoms with E-state index in [1.165, 1.54) is 0 Å². The number of hydrogen-bond acceptors (Lipinski definition) is 3. The second-order valence-corrected chi connectivity index (χ2v) is 2.15. The van der Waals surface area contributed by atoms with Gasteiger partial charge in [-0.05, 0) is 12.8 Å². The van der Waals surface area contributed by atoms with Gasteiger partial charge >= 0.3 is 0 Å². The highest BCUT2D eigenvalue weighted by Gasteiger charge is 2.12. The van der Waals surface area contributed by atoms with Crippen molar-refractivity contribution in [3.63, 3.8) is 0 Å². The van der Waals surface area contributed by atoms with Crippen LogP contribution in [0, 0.1) is 0 Å². The largest absolute Gasteiger partial charge is 0.381 e. The molecule has 2 N–H and O–H groups in total. The summed E-state index contributed by atoms with van der Waals surface area (Å²) in [6, 6.07) is 0. The molecule has 3 nitrogen and oxygen atoms in total. The molecule has 0 saturated carbocycles. The van der Waals surface area contributed by atoms with E-state index in [1.54, 1.807) is 0 Å². The van der Waals surface area contributed by atoms with Crippen LogP contribution in [0.25, 0.3) is 0 Å². The smallest absolute Gasteiger partial charge is 0.0944 e. The fraction of sp³-hybridized carbons (Fsp3) is 1.00. The Morgan fingerprint density at radius 1 is 1.44 bits per heavy atom. The van der Waals surface area contributed by atoms with Gasteiger partial charge in [-0.2, -0.15) is 0 Å². The fourth-order valence-electron chi connectivity index (χ4n) is 0.979. The molecule has 0 unspecified atom stereocenters. The van der Waals surface area contributed by atoms with Crippen molar-refractivity contribution in [1.29, 1.82) is 0 Å². The molecule has 0 bridgehead atoms. The fourth-order valence-corrected chi connectivity index (χ4v) is 0.979. The van der Waals surface area contributed by atoms with Crippen LogP contribution < -0.4 is 5.73 Å². The monoisotopic (exact) mass is 131 g/mol. The second-order valence-electron chi connectivity index (χ2n) is 2.15. The molecule has 1 fully saturated rings. The lowest BCUT2D eigenvalue weighted by atomic mass is 10.2. The van der Waals surface area contributed by atoms with Crippen LogP contribution in [0.2, 0.25) is 0 Å². The van der Waals surface area contributed by atoms with Crippen LogP contribution in [0.5, 0.6) is 0 Å². The zero-order valence-corrected chi connectivity index (χ0v) is 5.51. The maximum absolute atomic E-state index is 5.20. The molecule has 0 aromatic carbocycles. The van der Waals surface area contributed by atoms with Crippen molar-refractivity contribution in [2.75, 3.05) is 19.9 Å². The molecule has 9 heavy (non-hydrogen) atoms. The van der Waals surface area contributed by atoms with Gasteiger partial charge in [-0.1, -0.05) is 0 Å².